The molecule has 3 aromatic rings. The molecule has 0 saturated carbocycles. The van der Waals surface area contributed by atoms with Gasteiger partial charge in [-0.3, -0.25) is 4.72 Å². The molecule has 0 aliphatic carbocycles. The maximum absolute atomic E-state index is 13.4. The molecule has 0 radical (unpaired) electrons. The first-order chi connectivity index (χ1) is 18.3. The average Bonchev–Trinajstić information content (AvgIpc) is 3.12. The van der Waals surface area contributed by atoms with Crippen molar-refractivity contribution >= 4 is 39.1 Å². The Morgan fingerprint density at radius 3 is 2.44 bits per heavy atom. The van der Waals surface area contributed by atoms with E-state index in [1.54, 1.807) is 18.7 Å². The Hall–Kier alpha value is -3.70. The van der Waals surface area contributed by atoms with Gasteiger partial charge in [-0.25, -0.2) is 27.8 Å². The Morgan fingerprint density at radius 2 is 1.77 bits per heavy atom. The number of benzene rings is 1. The van der Waals surface area contributed by atoms with Crippen LogP contribution in [0.3, 0.4) is 0 Å². The standard InChI is InChI=1S/C24H22ClF4N7O2S/c1-14-17(13-30)22(32-15(2)21(14)34-39(37,38)19-5-4-16(26)12-18(19)25)35-8-3-9-36(11-10-35)23-31-7-6-20(33-23)24(27,28)29/h4-7,12,34H,3,8-11H2,1-2H3. The second-order valence-corrected chi connectivity index (χ2v) is 10.8. The number of alkyl halides is 3. The summed E-state index contributed by atoms with van der Waals surface area (Å²) in [5.74, 6) is -0.418. The number of aryl methyl sites for hydroxylation is 1. The molecule has 1 saturated heterocycles. The van der Waals surface area contributed by atoms with E-state index in [1.165, 1.54) is 0 Å². The van der Waals surface area contributed by atoms with E-state index >= 15 is 0 Å². The number of nitriles is 1. The summed E-state index contributed by atoms with van der Waals surface area (Å²) in [4.78, 5) is 15.3. The van der Waals surface area contributed by atoms with Gasteiger partial charge < -0.3 is 9.80 Å². The highest BCUT2D eigenvalue weighted by molar-refractivity contribution is 7.92. The number of nitrogens with zero attached hydrogens (tertiary/aromatic N) is 6. The number of hydrogen-bond donors (Lipinski definition) is 1. The minimum atomic E-state index is -4.60. The summed E-state index contributed by atoms with van der Waals surface area (Å²) in [7, 11) is -4.24. The molecule has 0 atom stereocenters. The number of rotatable bonds is 5. The Bertz CT molecular complexity index is 1560. The van der Waals surface area contributed by atoms with Crippen LogP contribution in [0.1, 0.15) is 28.9 Å². The normalized spacial score (nSPS) is 14.6. The van der Waals surface area contributed by atoms with Gasteiger partial charge in [0.25, 0.3) is 10.0 Å². The van der Waals surface area contributed by atoms with E-state index in [9.17, 15) is 31.2 Å². The molecule has 15 heteroatoms. The number of nitrogens with one attached hydrogen (secondary N) is 1. The van der Waals surface area contributed by atoms with E-state index in [0.29, 0.717) is 37.4 Å². The molecule has 206 valence electrons. The summed E-state index contributed by atoms with van der Waals surface area (Å²) in [5, 5.41) is 9.64. The van der Waals surface area contributed by atoms with E-state index in [4.69, 9.17) is 11.6 Å². The van der Waals surface area contributed by atoms with Gasteiger partial charge >= 0.3 is 6.18 Å². The quantitative estimate of drug-likeness (QED) is 0.430. The zero-order chi connectivity index (χ0) is 28.5. The first kappa shape index (κ1) is 28.3. The van der Waals surface area contributed by atoms with E-state index < -0.39 is 27.7 Å². The van der Waals surface area contributed by atoms with Crippen LogP contribution < -0.4 is 14.5 Å². The summed E-state index contributed by atoms with van der Waals surface area (Å²) in [6, 6.07) is 5.77. The molecular formula is C24H22ClF4N7O2S. The molecule has 9 nitrogen and oxygen atoms in total. The van der Waals surface area contributed by atoms with Crippen LogP contribution in [0, 0.1) is 31.0 Å². The molecule has 3 heterocycles. The van der Waals surface area contributed by atoms with Gasteiger partial charge in [-0.15, -0.1) is 0 Å². The van der Waals surface area contributed by atoms with E-state index in [2.05, 4.69) is 25.7 Å². The number of pyridine rings is 1. The van der Waals surface area contributed by atoms with Crippen LogP contribution >= 0.6 is 11.6 Å². The van der Waals surface area contributed by atoms with E-state index in [-0.39, 0.29) is 39.4 Å². The first-order valence-corrected chi connectivity index (χ1v) is 13.5. The van der Waals surface area contributed by atoms with Gasteiger partial charge in [0.2, 0.25) is 5.95 Å². The molecule has 0 bridgehead atoms. The third-order valence-corrected chi connectivity index (χ3v) is 7.98. The summed E-state index contributed by atoms with van der Waals surface area (Å²) in [6.45, 7) is 4.53. The molecule has 0 amide bonds. The van der Waals surface area contributed by atoms with Crippen molar-refractivity contribution in [3.05, 3.63) is 63.8 Å². The van der Waals surface area contributed by atoms with Gasteiger partial charge in [0.05, 0.1) is 22.0 Å². The highest BCUT2D eigenvalue weighted by atomic mass is 35.5. The second-order valence-electron chi connectivity index (χ2n) is 8.76. The number of anilines is 3. The largest absolute Gasteiger partial charge is 0.433 e. The summed E-state index contributed by atoms with van der Waals surface area (Å²) in [5.41, 5.74) is -0.209. The maximum Gasteiger partial charge on any atom is 0.433 e. The lowest BCUT2D eigenvalue weighted by Crippen LogP contribution is -2.33. The Labute approximate surface area is 227 Å². The SMILES string of the molecule is Cc1nc(N2CCCN(c3nccc(C(F)(F)F)n3)CC2)c(C#N)c(C)c1NS(=O)(=O)c1ccc(F)cc1Cl. The molecule has 1 aliphatic rings. The van der Waals surface area contributed by atoms with Crippen LogP contribution in [0.25, 0.3) is 0 Å². The second kappa shape index (κ2) is 10.8. The molecule has 1 aromatic carbocycles. The molecule has 0 spiro atoms. The third kappa shape index (κ3) is 5.99. The van der Waals surface area contributed by atoms with Crippen LogP contribution in [0.4, 0.5) is 35.0 Å². The third-order valence-electron chi connectivity index (χ3n) is 6.15. The highest BCUT2D eigenvalue weighted by Crippen LogP contribution is 2.33. The lowest BCUT2D eigenvalue weighted by Gasteiger charge is -2.26. The van der Waals surface area contributed by atoms with Crippen LogP contribution in [0.2, 0.25) is 5.02 Å². The van der Waals surface area contributed by atoms with Crippen LogP contribution in [0.15, 0.2) is 35.4 Å². The zero-order valence-electron chi connectivity index (χ0n) is 20.7. The van der Waals surface area contributed by atoms with Gasteiger partial charge in [-0.1, -0.05) is 11.6 Å². The summed E-state index contributed by atoms with van der Waals surface area (Å²) in [6.07, 6.45) is -3.02. The van der Waals surface area contributed by atoms with E-state index in [0.717, 1.165) is 30.5 Å². The molecule has 4 rings (SSSR count). The molecule has 2 aromatic heterocycles. The van der Waals surface area contributed by atoms with Crippen LogP contribution in [-0.2, 0) is 16.2 Å². The van der Waals surface area contributed by atoms with Gasteiger partial charge in [-0.2, -0.15) is 18.4 Å². The molecule has 39 heavy (non-hydrogen) atoms. The Kier molecular flexibility index (Phi) is 7.85. The van der Waals surface area contributed by atoms with Crippen LogP contribution in [0.5, 0.6) is 0 Å². The fourth-order valence-electron chi connectivity index (χ4n) is 4.22. The zero-order valence-corrected chi connectivity index (χ0v) is 22.3. The predicted molar refractivity (Wildman–Crippen MR) is 137 cm³/mol. The minimum absolute atomic E-state index is 0.0447. The monoisotopic (exact) mass is 583 g/mol. The topological polar surface area (TPSA) is 115 Å². The number of halogens is 5. The number of sulfonamides is 1. The highest BCUT2D eigenvalue weighted by Gasteiger charge is 2.33. The minimum Gasteiger partial charge on any atom is -0.354 e. The van der Waals surface area contributed by atoms with Crippen molar-refractivity contribution in [3.8, 4) is 6.07 Å². The molecular weight excluding hydrogens is 562 g/mol. The molecule has 1 fully saturated rings. The number of aromatic nitrogens is 3. The fourth-order valence-corrected chi connectivity index (χ4v) is 5.93. The average molecular weight is 584 g/mol. The van der Waals surface area contributed by atoms with Crippen molar-refractivity contribution in [2.45, 2.75) is 31.3 Å². The van der Waals surface area contributed by atoms with Crippen molar-refractivity contribution in [1.29, 1.82) is 5.26 Å². The summed E-state index contributed by atoms with van der Waals surface area (Å²) >= 11 is 5.95. The van der Waals surface area contributed by atoms with Gasteiger partial charge in [0, 0.05) is 32.4 Å². The van der Waals surface area contributed by atoms with Gasteiger partial charge in [0.1, 0.15) is 28.3 Å². The smallest absolute Gasteiger partial charge is 0.354 e. The number of hydrogen-bond acceptors (Lipinski definition) is 8. The van der Waals surface area contributed by atoms with Crippen molar-refractivity contribution in [1.82, 2.24) is 15.0 Å². The van der Waals surface area contributed by atoms with Crippen molar-refractivity contribution < 1.29 is 26.0 Å². The first-order valence-electron chi connectivity index (χ1n) is 11.6. The molecule has 1 N–H and O–H groups in total. The lowest BCUT2D eigenvalue weighted by atomic mass is 10.1. The van der Waals surface area contributed by atoms with Crippen molar-refractivity contribution in [2.75, 3.05) is 40.7 Å². The van der Waals surface area contributed by atoms with Gasteiger partial charge in [0.15, 0.2) is 0 Å². The Balaban J connectivity index is 1.61. The van der Waals surface area contributed by atoms with Gasteiger partial charge in [-0.05, 0) is 50.1 Å². The van der Waals surface area contributed by atoms with E-state index in [1.807, 2.05) is 4.90 Å². The van der Waals surface area contributed by atoms with Crippen molar-refractivity contribution in [2.24, 2.45) is 0 Å². The predicted octanol–water partition coefficient (Wildman–Crippen LogP) is 4.69. The Morgan fingerprint density at radius 1 is 1.08 bits per heavy atom. The maximum atomic E-state index is 13.4. The lowest BCUT2D eigenvalue weighted by molar-refractivity contribution is -0.141. The fraction of sp³-hybridized carbons (Fsp3) is 0.333. The molecule has 1 aliphatic heterocycles. The van der Waals surface area contributed by atoms with Crippen molar-refractivity contribution in [3.63, 3.8) is 0 Å². The molecule has 0 unspecified atom stereocenters. The van der Waals surface area contributed by atoms with Crippen LogP contribution in [-0.4, -0.2) is 49.5 Å². The summed E-state index contributed by atoms with van der Waals surface area (Å²) < 4.78 is 81.1.